The van der Waals surface area contributed by atoms with Crippen molar-refractivity contribution in [3.63, 3.8) is 0 Å². The SMILES string of the molecule is c1ccc(-c2ccc(N(c3ccc4cc5c(cc4c3)oc3ccccc35)c3ccc4c(ccc5ccc6ccccc6c54)c3)cc2)cc1. The number of anilines is 3. The van der Waals surface area contributed by atoms with Gasteiger partial charge in [0.2, 0.25) is 0 Å². The van der Waals surface area contributed by atoms with Crippen LogP contribution in [0.25, 0.3) is 76.2 Å². The van der Waals surface area contributed by atoms with Gasteiger partial charge in [0.15, 0.2) is 0 Å². The standard InChI is InChI=1S/C46H29NO/c1-2-8-30(9-3-1)31-18-21-37(22-19-31)47(38-23-20-34-28-43-42-12-6-7-13-44(42)48-45(43)29-36(34)27-38)39-24-25-41-35(26-39)17-16-33-15-14-32-10-4-5-11-40(32)46(33)41/h1-29H. The predicted octanol–water partition coefficient (Wildman–Crippen LogP) is 13.3. The Labute approximate surface area is 277 Å². The van der Waals surface area contributed by atoms with Crippen molar-refractivity contribution >= 4 is 82.1 Å². The summed E-state index contributed by atoms with van der Waals surface area (Å²) in [5.74, 6) is 0. The van der Waals surface area contributed by atoms with Crippen LogP contribution in [0.4, 0.5) is 17.1 Å². The van der Waals surface area contributed by atoms with Gasteiger partial charge >= 0.3 is 0 Å². The summed E-state index contributed by atoms with van der Waals surface area (Å²) in [7, 11) is 0. The molecule has 10 aromatic rings. The van der Waals surface area contributed by atoms with Crippen molar-refractivity contribution in [2.45, 2.75) is 0 Å². The van der Waals surface area contributed by atoms with Crippen molar-refractivity contribution in [2.24, 2.45) is 0 Å². The van der Waals surface area contributed by atoms with Crippen molar-refractivity contribution in [1.29, 1.82) is 0 Å². The molecule has 0 spiro atoms. The molecule has 224 valence electrons. The molecule has 0 aliphatic rings. The van der Waals surface area contributed by atoms with E-state index in [-0.39, 0.29) is 0 Å². The highest BCUT2D eigenvalue weighted by Crippen LogP contribution is 2.41. The minimum atomic E-state index is 0.907. The Hall–Kier alpha value is -6.38. The Morgan fingerprint density at radius 2 is 0.917 bits per heavy atom. The van der Waals surface area contributed by atoms with Crippen LogP contribution in [0.2, 0.25) is 0 Å². The second kappa shape index (κ2) is 10.6. The van der Waals surface area contributed by atoms with E-state index >= 15 is 0 Å². The summed E-state index contributed by atoms with van der Waals surface area (Å²) in [4.78, 5) is 2.36. The molecule has 1 aromatic heterocycles. The molecule has 0 aliphatic carbocycles. The number of fused-ring (bicyclic) bond motifs is 9. The van der Waals surface area contributed by atoms with E-state index in [2.05, 4.69) is 169 Å². The van der Waals surface area contributed by atoms with Gasteiger partial charge in [0.1, 0.15) is 11.2 Å². The molecule has 0 radical (unpaired) electrons. The molecule has 0 bridgehead atoms. The van der Waals surface area contributed by atoms with E-state index in [0.717, 1.165) is 44.4 Å². The molecule has 0 N–H and O–H groups in total. The average Bonchev–Trinajstić information content (AvgIpc) is 3.51. The molecule has 2 nitrogen and oxygen atoms in total. The first kappa shape index (κ1) is 26.8. The van der Waals surface area contributed by atoms with Crippen molar-refractivity contribution in [2.75, 3.05) is 4.90 Å². The Bertz CT molecular complexity index is 2830. The number of benzene rings is 9. The fraction of sp³-hybridized carbons (Fsp3) is 0. The first-order valence-electron chi connectivity index (χ1n) is 16.4. The second-order valence-electron chi connectivity index (χ2n) is 12.6. The number of furan rings is 1. The fourth-order valence-corrected chi connectivity index (χ4v) is 7.44. The van der Waals surface area contributed by atoms with Gasteiger partial charge in [-0.3, -0.25) is 0 Å². The molecule has 0 saturated carbocycles. The molecular formula is C46H29NO. The zero-order chi connectivity index (χ0) is 31.6. The normalized spacial score (nSPS) is 11.8. The lowest BCUT2D eigenvalue weighted by atomic mass is 9.96. The summed E-state index contributed by atoms with van der Waals surface area (Å²) < 4.78 is 6.29. The van der Waals surface area contributed by atoms with Crippen LogP contribution in [0, 0.1) is 0 Å². The number of hydrogen-bond acceptors (Lipinski definition) is 2. The van der Waals surface area contributed by atoms with E-state index in [1.54, 1.807) is 0 Å². The molecular weight excluding hydrogens is 583 g/mol. The van der Waals surface area contributed by atoms with E-state index in [0.29, 0.717) is 0 Å². The van der Waals surface area contributed by atoms with E-state index in [1.165, 1.54) is 48.8 Å². The molecule has 0 unspecified atom stereocenters. The molecule has 48 heavy (non-hydrogen) atoms. The summed E-state index contributed by atoms with van der Waals surface area (Å²) in [6.45, 7) is 0. The Morgan fingerprint density at radius 3 is 1.77 bits per heavy atom. The summed E-state index contributed by atoms with van der Waals surface area (Å²) in [6.07, 6.45) is 0. The molecule has 0 aliphatic heterocycles. The first-order valence-corrected chi connectivity index (χ1v) is 16.4. The third-order valence-electron chi connectivity index (χ3n) is 9.78. The molecule has 0 fully saturated rings. The number of para-hydroxylation sites is 1. The number of rotatable bonds is 4. The lowest BCUT2D eigenvalue weighted by Crippen LogP contribution is -2.10. The fourth-order valence-electron chi connectivity index (χ4n) is 7.44. The van der Waals surface area contributed by atoms with Gasteiger partial charge in [-0.2, -0.15) is 0 Å². The summed E-state index contributed by atoms with van der Waals surface area (Å²) in [5, 5.41) is 12.2. The van der Waals surface area contributed by atoms with E-state index in [4.69, 9.17) is 4.42 Å². The van der Waals surface area contributed by atoms with Gasteiger partial charge < -0.3 is 9.32 Å². The Balaban J connectivity index is 1.16. The van der Waals surface area contributed by atoms with Crippen LogP contribution >= 0.6 is 0 Å². The monoisotopic (exact) mass is 611 g/mol. The summed E-state index contributed by atoms with van der Waals surface area (Å²) >= 11 is 0. The highest BCUT2D eigenvalue weighted by molar-refractivity contribution is 6.20. The maximum absolute atomic E-state index is 6.29. The third-order valence-corrected chi connectivity index (χ3v) is 9.78. The van der Waals surface area contributed by atoms with Crippen molar-refractivity contribution in [3.8, 4) is 11.1 Å². The van der Waals surface area contributed by atoms with Gasteiger partial charge in [-0.05, 0) is 109 Å². The van der Waals surface area contributed by atoms with Crippen LogP contribution in [0.15, 0.2) is 180 Å². The predicted molar refractivity (Wildman–Crippen MR) is 204 cm³/mol. The molecule has 1 heterocycles. The van der Waals surface area contributed by atoms with Crippen LogP contribution in [0.5, 0.6) is 0 Å². The van der Waals surface area contributed by atoms with E-state index in [9.17, 15) is 0 Å². The first-order chi connectivity index (χ1) is 23.8. The zero-order valence-electron chi connectivity index (χ0n) is 26.1. The molecule has 2 heteroatoms. The third kappa shape index (κ3) is 4.27. The summed E-state index contributed by atoms with van der Waals surface area (Å²) in [5.41, 5.74) is 7.53. The average molecular weight is 612 g/mol. The number of hydrogen-bond donors (Lipinski definition) is 0. The van der Waals surface area contributed by atoms with Gasteiger partial charge in [-0.15, -0.1) is 0 Å². The van der Waals surface area contributed by atoms with Gasteiger partial charge in [-0.25, -0.2) is 0 Å². The van der Waals surface area contributed by atoms with Crippen LogP contribution in [0.3, 0.4) is 0 Å². The van der Waals surface area contributed by atoms with Gasteiger partial charge in [0.25, 0.3) is 0 Å². The number of nitrogens with zero attached hydrogens (tertiary/aromatic N) is 1. The maximum atomic E-state index is 6.29. The molecule has 0 amide bonds. The van der Waals surface area contributed by atoms with Crippen LogP contribution in [-0.2, 0) is 0 Å². The molecule has 10 rings (SSSR count). The second-order valence-corrected chi connectivity index (χ2v) is 12.6. The Kier molecular flexibility index (Phi) is 5.91. The highest BCUT2D eigenvalue weighted by Gasteiger charge is 2.16. The smallest absolute Gasteiger partial charge is 0.136 e. The lowest BCUT2D eigenvalue weighted by molar-refractivity contribution is 0.669. The quantitative estimate of drug-likeness (QED) is 0.184. The lowest BCUT2D eigenvalue weighted by Gasteiger charge is -2.26. The van der Waals surface area contributed by atoms with Gasteiger partial charge in [0, 0.05) is 27.8 Å². The van der Waals surface area contributed by atoms with Crippen LogP contribution in [-0.4, -0.2) is 0 Å². The van der Waals surface area contributed by atoms with E-state index < -0.39 is 0 Å². The van der Waals surface area contributed by atoms with Gasteiger partial charge in [0.05, 0.1) is 0 Å². The largest absolute Gasteiger partial charge is 0.456 e. The van der Waals surface area contributed by atoms with Crippen molar-refractivity contribution in [1.82, 2.24) is 0 Å². The summed E-state index contributed by atoms with van der Waals surface area (Å²) in [6, 6.07) is 63.4. The van der Waals surface area contributed by atoms with E-state index in [1.807, 2.05) is 12.1 Å². The maximum Gasteiger partial charge on any atom is 0.136 e. The topological polar surface area (TPSA) is 16.4 Å². The molecule has 9 aromatic carbocycles. The van der Waals surface area contributed by atoms with Gasteiger partial charge in [-0.1, -0.05) is 121 Å². The minimum absolute atomic E-state index is 0.907. The van der Waals surface area contributed by atoms with Crippen LogP contribution < -0.4 is 4.90 Å². The highest BCUT2D eigenvalue weighted by atomic mass is 16.3. The minimum Gasteiger partial charge on any atom is -0.456 e. The molecule has 0 saturated heterocycles. The molecule has 0 atom stereocenters. The zero-order valence-corrected chi connectivity index (χ0v) is 26.1. The van der Waals surface area contributed by atoms with Crippen molar-refractivity contribution < 1.29 is 4.42 Å². The Morgan fingerprint density at radius 1 is 0.312 bits per heavy atom. The van der Waals surface area contributed by atoms with Crippen LogP contribution in [0.1, 0.15) is 0 Å². The van der Waals surface area contributed by atoms with Crippen molar-refractivity contribution in [3.05, 3.63) is 176 Å².